The number of anilines is 2. The summed E-state index contributed by atoms with van der Waals surface area (Å²) in [4.78, 5) is 12.0. The molecule has 0 N–H and O–H groups in total. The average molecular weight is 298 g/mol. The third-order valence-electron chi connectivity index (χ3n) is 4.66. The molecule has 0 unspecified atom stereocenters. The van der Waals surface area contributed by atoms with E-state index in [1.807, 2.05) is 0 Å². The summed E-state index contributed by atoms with van der Waals surface area (Å²) in [5.74, 6) is 1.14. The van der Waals surface area contributed by atoms with Crippen molar-refractivity contribution in [3.8, 4) is 0 Å². The highest BCUT2D eigenvalue weighted by molar-refractivity contribution is 6.00. The molecule has 4 heteroatoms. The van der Waals surface area contributed by atoms with Crippen LogP contribution in [0.15, 0.2) is 30.5 Å². The fourth-order valence-electron chi connectivity index (χ4n) is 3.25. The van der Waals surface area contributed by atoms with Gasteiger partial charge in [-0.15, -0.1) is 0 Å². The molecule has 0 radical (unpaired) electrons. The first-order valence-electron chi connectivity index (χ1n) is 8.30. The minimum Gasteiger partial charge on any atom is -0.370 e. The van der Waals surface area contributed by atoms with Gasteiger partial charge in [0.05, 0.1) is 11.9 Å². The molecule has 22 heavy (non-hydrogen) atoms. The Morgan fingerprint density at radius 3 is 2.27 bits per heavy atom. The molecule has 0 atom stereocenters. The predicted molar refractivity (Wildman–Crippen MR) is 95.0 cm³/mol. The molecule has 3 rings (SSSR count). The quantitative estimate of drug-likeness (QED) is 0.865. The minimum absolute atomic E-state index is 1.01. The van der Waals surface area contributed by atoms with Gasteiger partial charge in [0.25, 0.3) is 0 Å². The zero-order valence-electron chi connectivity index (χ0n) is 13.9. The Hall–Kier alpha value is -1.81. The molecule has 118 valence electrons. The van der Waals surface area contributed by atoms with Crippen LogP contribution in [0.4, 0.5) is 11.5 Å². The van der Waals surface area contributed by atoms with Crippen LogP contribution in [-0.2, 0) is 0 Å². The molecule has 1 fully saturated rings. The SMILES string of the molecule is CCN(CC)c1cnc(N2CCN(C)CC2)c2ccccc12. The van der Waals surface area contributed by atoms with Crippen LogP contribution in [0, 0.1) is 0 Å². The van der Waals surface area contributed by atoms with E-state index in [-0.39, 0.29) is 0 Å². The first-order chi connectivity index (χ1) is 10.7. The molecular weight excluding hydrogens is 272 g/mol. The first kappa shape index (κ1) is 15.1. The zero-order valence-corrected chi connectivity index (χ0v) is 13.9. The second-order valence-corrected chi connectivity index (χ2v) is 5.98. The van der Waals surface area contributed by atoms with Crippen LogP contribution in [0.2, 0.25) is 0 Å². The van der Waals surface area contributed by atoms with Crippen molar-refractivity contribution in [2.45, 2.75) is 13.8 Å². The van der Waals surface area contributed by atoms with Crippen LogP contribution in [0.5, 0.6) is 0 Å². The highest BCUT2D eigenvalue weighted by Gasteiger charge is 2.19. The van der Waals surface area contributed by atoms with E-state index in [4.69, 9.17) is 4.98 Å². The molecule has 0 spiro atoms. The number of fused-ring (bicyclic) bond motifs is 1. The molecule has 4 nitrogen and oxygen atoms in total. The summed E-state index contributed by atoms with van der Waals surface area (Å²) in [7, 11) is 2.19. The van der Waals surface area contributed by atoms with Crippen molar-refractivity contribution in [3.63, 3.8) is 0 Å². The summed E-state index contributed by atoms with van der Waals surface area (Å²) < 4.78 is 0. The van der Waals surface area contributed by atoms with Gasteiger partial charge in [-0.2, -0.15) is 0 Å². The Balaban J connectivity index is 2.04. The summed E-state index contributed by atoms with van der Waals surface area (Å²) in [6.45, 7) is 10.7. The lowest BCUT2D eigenvalue weighted by Gasteiger charge is -2.34. The summed E-state index contributed by atoms with van der Waals surface area (Å²) in [5.41, 5.74) is 1.25. The van der Waals surface area contributed by atoms with E-state index in [1.165, 1.54) is 16.5 Å². The van der Waals surface area contributed by atoms with Gasteiger partial charge in [0, 0.05) is 50.0 Å². The second-order valence-electron chi connectivity index (χ2n) is 5.98. The third-order valence-corrected chi connectivity index (χ3v) is 4.66. The number of benzene rings is 1. The van der Waals surface area contributed by atoms with E-state index in [9.17, 15) is 0 Å². The molecule has 1 saturated heterocycles. The molecule has 0 amide bonds. The summed E-state index contributed by atoms with van der Waals surface area (Å²) in [6, 6.07) is 8.69. The van der Waals surface area contributed by atoms with E-state index in [0.717, 1.165) is 45.1 Å². The number of piperazine rings is 1. The molecule has 1 aromatic carbocycles. The predicted octanol–water partition coefficient (Wildman–Crippen LogP) is 2.83. The van der Waals surface area contributed by atoms with Crippen LogP contribution in [0.1, 0.15) is 13.8 Å². The zero-order chi connectivity index (χ0) is 15.5. The van der Waals surface area contributed by atoms with Crippen molar-refractivity contribution in [2.75, 3.05) is 56.1 Å². The number of hydrogen-bond acceptors (Lipinski definition) is 4. The van der Waals surface area contributed by atoms with E-state index in [1.54, 1.807) is 0 Å². The maximum absolute atomic E-state index is 4.84. The van der Waals surface area contributed by atoms with Crippen molar-refractivity contribution < 1.29 is 0 Å². The third kappa shape index (κ3) is 2.75. The lowest BCUT2D eigenvalue weighted by molar-refractivity contribution is 0.312. The maximum Gasteiger partial charge on any atom is 0.136 e. The van der Waals surface area contributed by atoms with Crippen LogP contribution < -0.4 is 9.80 Å². The smallest absolute Gasteiger partial charge is 0.136 e. The van der Waals surface area contributed by atoms with E-state index >= 15 is 0 Å². The number of aromatic nitrogens is 1. The standard InChI is InChI=1S/C18H26N4/c1-4-21(5-2)17-14-19-18(16-9-7-6-8-15(16)17)22-12-10-20(3)11-13-22/h6-9,14H,4-5,10-13H2,1-3H3. The summed E-state index contributed by atoms with van der Waals surface area (Å²) >= 11 is 0. The molecule has 2 heterocycles. The number of rotatable bonds is 4. The molecule has 0 aliphatic carbocycles. The van der Waals surface area contributed by atoms with Crippen molar-refractivity contribution in [2.24, 2.45) is 0 Å². The number of nitrogens with zero attached hydrogens (tertiary/aromatic N) is 4. The monoisotopic (exact) mass is 298 g/mol. The van der Waals surface area contributed by atoms with Gasteiger partial charge in [-0.3, -0.25) is 0 Å². The highest BCUT2D eigenvalue weighted by atomic mass is 15.3. The Bertz CT molecular complexity index is 628. The molecule has 1 aliphatic rings. The van der Waals surface area contributed by atoms with Gasteiger partial charge in [-0.05, 0) is 20.9 Å². The maximum atomic E-state index is 4.84. The van der Waals surface area contributed by atoms with Gasteiger partial charge in [0.15, 0.2) is 0 Å². The largest absolute Gasteiger partial charge is 0.370 e. The summed E-state index contributed by atoms with van der Waals surface area (Å²) in [5, 5.41) is 2.59. The molecule has 0 saturated carbocycles. The number of hydrogen-bond donors (Lipinski definition) is 0. The molecule has 0 bridgehead atoms. The van der Waals surface area contributed by atoms with Gasteiger partial charge in [-0.1, -0.05) is 24.3 Å². The van der Waals surface area contributed by atoms with E-state index in [0.29, 0.717) is 0 Å². The Kier molecular flexibility index (Phi) is 4.48. The second kappa shape index (κ2) is 6.53. The van der Waals surface area contributed by atoms with Crippen molar-refractivity contribution in [1.82, 2.24) is 9.88 Å². The van der Waals surface area contributed by atoms with Crippen molar-refractivity contribution >= 4 is 22.3 Å². The van der Waals surface area contributed by atoms with Gasteiger partial charge in [0.1, 0.15) is 5.82 Å². The molecule has 1 aromatic heterocycles. The fraction of sp³-hybridized carbons (Fsp3) is 0.500. The number of likely N-dealkylation sites (N-methyl/N-ethyl adjacent to an activating group) is 1. The fourth-order valence-corrected chi connectivity index (χ4v) is 3.25. The van der Waals surface area contributed by atoms with Gasteiger partial charge in [0.2, 0.25) is 0 Å². The van der Waals surface area contributed by atoms with Crippen LogP contribution in [0.3, 0.4) is 0 Å². The topological polar surface area (TPSA) is 22.6 Å². The van der Waals surface area contributed by atoms with Crippen LogP contribution in [0.25, 0.3) is 10.8 Å². The molecular formula is C18H26N4. The van der Waals surface area contributed by atoms with E-state index < -0.39 is 0 Å². The van der Waals surface area contributed by atoms with Crippen molar-refractivity contribution in [3.05, 3.63) is 30.5 Å². The van der Waals surface area contributed by atoms with Gasteiger partial charge < -0.3 is 14.7 Å². The minimum atomic E-state index is 1.01. The molecule has 2 aromatic rings. The highest BCUT2D eigenvalue weighted by Crippen LogP contribution is 2.32. The lowest BCUT2D eigenvalue weighted by Crippen LogP contribution is -2.44. The number of pyridine rings is 1. The van der Waals surface area contributed by atoms with Crippen molar-refractivity contribution in [1.29, 1.82) is 0 Å². The van der Waals surface area contributed by atoms with Crippen LogP contribution >= 0.6 is 0 Å². The molecule has 1 aliphatic heterocycles. The normalized spacial score (nSPS) is 16.2. The van der Waals surface area contributed by atoms with Crippen LogP contribution in [-0.4, -0.2) is 56.2 Å². The summed E-state index contributed by atoms with van der Waals surface area (Å²) in [6.07, 6.45) is 2.06. The van der Waals surface area contributed by atoms with Gasteiger partial charge >= 0.3 is 0 Å². The van der Waals surface area contributed by atoms with Gasteiger partial charge in [-0.25, -0.2) is 4.98 Å². The Morgan fingerprint density at radius 2 is 1.64 bits per heavy atom. The average Bonchev–Trinajstić information content (AvgIpc) is 2.57. The first-order valence-corrected chi connectivity index (χ1v) is 8.30. The lowest BCUT2D eigenvalue weighted by atomic mass is 10.1. The Morgan fingerprint density at radius 1 is 1.00 bits per heavy atom. The van der Waals surface area contributed by atoms with E-state index in [2.05, 4.69) is 66.1 Å². The Labute approximate surface area is 133 Å².